The van der Waals surface area contributed by atoms with Crippen molar-refractivity contribution < 1.29 is 14.3 Å². The molecule has 8 heteroatoms. The van der Waals surface area contributed by atoms with Gasteiger partial charge in [-0.15, -0.1) is 16.4 Å². The van der Waals surface area contributed by atoms with E-state index in [0.29, 0.717) is 23.8 Å². The van der Waals surface area contributed by atoms with Crippen LogP contribution in [-0.4, -0.2) is 34.5 Å². The zero-order valence-electron chi connectivity index (χ0n) is 20.7. The fourth-order valence-electron chi connectivity index (χ4n) is 3.77. The molecular weight excluding hydrogens is 460 g/mol. The lowest BCUT2D eigenvalue weighted by atomic mass is 9.90. The van der Waals surface area contributed by atoms with Crippen LogP contribution in [0.25, 0.3) is 16.1 Å². The molecule has 0 bridgehead atoms. The number of carbonyl (C=O) groups excluding carboxylic acids is 1. The highest BCUT2D eigenvalue weighted by Crippen LogP contribution is 2.30. The number of hydrogen-bond donors (Lipinski definition) is 1. The Morgan fingerprint density at radius 3 is 2.66 bits per heavy atom. The first-order chi connectivity index (χ1) is 16.8. The van der Waals surface area contributed by atoms with E-state index < -0.39 is 5.97 Å². The first kappa shape index (κ1) is 24.5. The van der Waals surface area contributed by atoms with Gasteiger partial charge in [0.2, 0.25) is 0 Å². The molecule has 0 radical (unpaired) electrons. The summed E-state index contributed by atoms with van der Waals surface area (Å²) in [5.41, 5.74) is 3.19. The number of ether oxygens (including phenoxy) is 2. The maximum Gasteiger partial charge on any atom is 0.341 e. The van der Waals surface area contributed by atoms with Crippen LogP contribution in [0.1, 0.15) is 43.7 Å². The molecule has 1 aromatic carbocycles. The van der Waals surface area contributed by atoms with Crippen molar-refractivity contribution in [3.63, 3.8) is 0 Å². The van der Waals surface area contributed by atoms with Crippen molar-refractivity contribution in [2.24, 2.45) is 5.41 Å². The summed E-state index contributed by atoms with van der Waals surface area (Å²) in [4.78, 5) is 18.2. The lowest BCUT2D eigenvalue weighted by Gasteiger charge is -2.19. The van der Waals surface area contributed by atoms with Crippen LogP contribution in [0.4, 0.5) is 11.6 Å². The second-order valence-electron chi connectivity index (χ2n) is 9.31. The molecule has 0 aliphatic carbocycles. The zero-order chi connectivity index (χ0) is 25.0. The van der Waals surface area contributed by atoms with E-state index >= 15 is 0 Å². The van der Waals surface area contributed by atoms with Crippen molar-refractivity contribution in [2.45, 2.75) is 34.1 Å². The Labute approximate surface area is 209 Å². The molecule has 3 heterocycles. The van der Waals surface area contributed by atoms with Crippen molar-refractivity contribution in [1.29, 1.82) is 0 Å². The van der Waals surface area contributed by atoms with E-state index in [0.717, 1.165) is 34.0 Å². The van der Waals surface area contributed by atoms with Crippen molar-refractivity contribution in [2.75, 3.05) is 19.0 Å². The number of rotatable bonds is 8. The average molecular weight is 491 g/mol. The van der Waals surface area contributed by atoms with E-state index in [-0.39, 0.29) is 5.41 Å². The zero-order valence-corrected chi connectivity index (χ0v) is 21.5. The standard InChI is InChI=1S/C27H30N4O3S/c1-6-34-21-10-7-9-19(14-21)31-20(16-27(2,3)4)15-24(30-31)29-25-22(26(32)33-5)13-18(17-28-25)23-11-8-12-35-23/h7-15,17H,6,16H2,1-5H3,(H,28,29,30). The molecule has 4 rings (SSSR count). The van der Waals surface area contributed by atoms with Crippen LogP contribution in [-0.2, 0) is 11.2 Å². The summed E-state index contributed by atoms with van der Waals surface area (Å²) in [5.74, 6) is 1.31. The molecule has 0 saturated carbocycles. The smallest absolute Gasteiger partial charge is 0.341 e. The van der Waals surface area contributed by atoms with Gasteiger partial charge in [-0.1, -0.05) is 32.9 Å². The number of esters is 1. The minimum Gasteiger partial charge on any atom is -0.494 e. The molecule has 182 valence electrons. The van der Waals surface area contributed by atoms with Crippen LogP contribution in [0.2, 0.25) is 0 Å². The summed E-state index contributed by atoms with van der Waals surface area (Å²) < 4.78 is 12.6. The van der Waals surface area contributed by atoms with Gasteiger partial charge in [-0.3, -0.25) is 0 Å². The number of hydrogen-bond acceptors (Lipinski definition) is 7. The highest BCUT2D eigenvalue weighted by Gasteiger charge is 2.20. The molecular formula is C27H30N4O3S. The van der Waals surface area contributed by atoms with Crippen LogP contribution >= 0.6 is 11.3 Å². The number of pyridine rings is 1. The maximum absolute atomic E-state index is 12.6. The second-order valence-corrected chi connectivity index (χ2v) is 10.3. The monoisotopic (exact) mass is 490 g/mol. The first-order valence-corrected chi connectivity index (χ1v) is 12.4. The SMILES string of the molecule is CCOc1cccc(-n2nc(Nc3ncc(-c4cccs4)cc3C(=O)OC)cc2CC(C)(C)C)c1. The van der Waals surface area contributed by atoms with Gasteiger partial charge in [0.15, 0.2) is 5.82 Å². The van der Waals surface area contributed by atoms with E-state index in [1.807, 2.05) is 59.5 Å². The largest absolute Gasteiger partial charge is 0.494 e. The Balaban J connectivity index is 1.73. The third-order valence-corrected chi connectivity index (χ3v) is 6.13. The van der Waals surface area contributed by atoms with E-state index in [2.05, 4.69) is 31.1 Å². The van der Waals surface area contributed by atoms with Gasteiger partial charge < -0.3 is 14.8 Å². The molecule has 0 aliphatic heterocycles. The van der Waals surface area contributed by atoms with Gasteiger partial charge in [0.25, 0.3) is 0 Å². The molecule has 3 aromatic heterocycles. The lowest BCUT2D eigenvalue weighted by Crippen LogP contribution is -2.13. The quantitative estimate of drug-likeness (QED) is 0.284. The molecule has 0 amide bonds. The Bertz CT molecular complexity index is 1310. The summed E-state index contributed by atoms with van der Waals surface area (Å²) in [6, 6.07) is 15.6. The van der Waals surface area contributed by atoms with Gasteiger partial charge >= 0.3 is 5.97 Å². The third kappa shape index (κ3) is 5.89. The molecule has 0 spiro atoms. The maximum atomic E-state index is 12.6. The van der Waals surface area contributed by atoms with Gasteiger partial charge in [0.1, 0.15) is 17.1 Å². The van der Waals surface area contributed by atoms with Gasteiger partial charge in [-0.25, -0.2) is 14.5 Å². The molecule has 7 nitrogen and oxygen atoms in total. The number of benzene rings is 1. The number of carbonyl (C=O) groups is 1. The number of aromatic nitrogens is 3. The van der Waals surface area contributed by atoms with Crippen molar-refractivity contribution >= 4 is 28.9 Å². The summed E-state index contributed by atoms with van der Waals surface area (Å²) >= 11 is 1.59. The van der Waals surface area contributed by atoms with Crippen LogP contribution < -0.4 is 10.1 Å². The fourth-order valence-corrected chi connectivity index (χ4v) is 4.48. The van der Waals surface area contributed by atoms with Gasteiger partial charge in [0, 0.05) is 34.5 Å². The topological polar surface area (TPSA) is 78.3 Å². The van der Waals surface area contributed by atoms with Gasteiger partial charge in [-0.2, -0.15) is 0 Å². The summed E-state index contributed by atoms with van der Waals surface area (Å²) in [5, 5.41) is 10.1. The summed E-state index contributed by atoms with van der Waals surface area (Å²) in [6.45, 7) is 9.12. The Kier molecular flexibility index (Phi) is 7.21. The number of nitrogens with zero attached hydrogens (tertiary/aromatic N) is 3. The fraction of sp³-hybridized carbons (Fsp3) is 0.296. The number of thiophene rings is 1. The van der Waals surface area contributed by atoms with Gasteiger partial charge in [-0.05, 0) is 48.4 Å². The lowest BCUT2D eigenvalue weighted by molar-refractivity contribution is 0.0601. The van der Waals surface area contributed by atoms with E-state index in [4.69, 9.17) is 14.6 Å². The minimum absolute atomic E-state index is 0.0460. The molecule has 35 heavy (non-hydrogen) atoms. The van der Waals surface area contributed by atoms with E-state index in [1.54, 1.807) is 23.6 Å². The highest BCUT2D eigenvalue weighted by atomic mass is 32.1. The molecule has 0 saturated heterocycles. The molecule has 0 aliphatic rings. The predicted molar refractivity (Wildman–Crippen MR) is 140 cm³/mol. The van der Waals surface area contributed by atoms with Crippen molar-refractivity contribution in [3.8, 4) is 21.9 Å². The van der Waals surface area contributed by atoms with E-state index in [1.165, 1.54) is 7.11 Å². The molecule has 4 aromatic rings. The van der Waals surface area contributed by atoms with Crippen LogP contribution in [0.15, 0.2) is 60.1 Å². The third-order valence-electron chi connectivity index (χ3n) is 5.21. The minimum atomic E-state index is -0.461. The molecule has 0 unspecified atom stereocenters. The first-order valence-electron chi connectivity index (χ1n) is 11.5. The van der Waals surface area contributed by atoms with Crippen molar-refractivity contribution in [1.82, 2.24) is 14.8 Å². The molecule has 0 atom stereocenters. The summed E-state index contributed by atoms with van der Waals surface area (Å²) in [7, 11) is 1.37. The number of anilines is 2. The van der Waals surface area contributed by atoms with Gasteiger partial charge in [0.05, 0.1) is 19.4 Å². The Morgan fingerprint density at radius 1 is 1.14 bits per heavy atom. The van der Waals surface area contributed by atoms with E-state index in [9.17, 15) is 4.79 Å². The number of nitrogens with one attached hydrogen (secondary N) is 1. The second kappa shape index (κ2) is 10.3. The Hall–Kier alpha value is -3.65. The van der Waals surface area contributed by atoms with Crippen LogP contribution in [0.5, 0.6) is 5.75 Å². The van der Waals surface area contributed by atoms with Crippen LogP contribution in [0.3, 0.4) is 0 Å². The predicted octanol–water partition coefficient (Wildman–Crippen LogP) is 6.51. The molecule has 1 N–H and O–H groups in total. The Morgan fingerprint density at radius 2 is 1.97 bits per heavy atom. The average Bonchev–Trinajstić information content (AvgIpc) is 3.49. The summed E-state index contributed by atoms with van der Waals surface area (Å²) in [6.07, 6.45) is 2.55. The normalized spacial score (nSPS) is 11.3. The number of methoxy groups -OCH3 is 1. The molecule has 0 fully saturated rings. The van der Waals surface area contributed by atoms with Crippen LogP contribution in [0, 0.1) is 5.41 Å². The highest BCUT2D eigenvalue weighted by molar-refractivity contribution is 7.13. The van der Waals surface area contributed by atoms with Crippen molar-refractivity contribution in [3.05, 3.63) is 71.4 Å².